The molecule has 4 amide bonds. The Morgan fingerprint density at radius 1 is 0.857 bits per heavy atom. The molecule has 7 nitrogen and oxygen atoms in total. The van der Waals surface area contributed by atoms with Gasteiger partial charge in [0.15, 0.2) is 44.6 Å². The number of phenols is 1. The average Bonchev–Trinajstić information content (AvgIpc) is 3.26. The topological polar surface area (TPSA) is 95.0 Å². The molecule has 42 heavy (non-hydrogen) atoms. The Morgan fingerprint density at radius 3 is 2.05 bits per heavy atom. The van der Waals surface area contributed by atoms with Crippen molar-refractivity contribution in [1.82, 2.24) is 4.90 Å². The van der Waals surface area contributed by atoms with E-state index in [1.807, 2.05) is 0 Å². The van der Waals surface area contributed by atoms with Crippen molar-refractivity contribution in [2.45, 2.75) is 28.5 Å². The fourth-order valence-electron chi connectivity index (χ4n) is 6.80. The Morgan fingerprint density at radius 2 is 1.45 bits per heavy atom. The van der Waals surface area contributed by atoms with Crippen LogP contribution in [0, 0.1) is 52.7 Å². The highest BCUT2D eigenvalue weighted by molar-refractivity contribution is 6.58. The number of anilines is 1. The number of hydrogen-bond donors (Lipinski definition) is 1. The lowest BCUT2D eigenvalue weighted by atomic mass is 9.56. The van der Waals surface area contributed by atoms with Crippen LogP contribution in [-0.4, -0.2) is 50.4 Å². The number of nitrogens with zero attached hydrogens (tertiary/aromatic N) is 2. The standard InChI is InChI=1S/C27H16Cl2F6N2O5/c1-36-22(39)10-4-3-9-11(14(10)23(36)40)7-26(28)24(41)37(21-19(34)17(32)16(31)18(33)20(21)35)25(42)27(26,29)15(9)8-2-5-13(38)12(30)6-8/h2-3,5-6,10-11,14-15,38H,4,7H2,1H3/t10-,11+,14-,15-,26+,27-/m0/s1. The Bertz CT molecular complexity index is 1670. The van der Waals surface area contributed by atoms with Crippen LogP contribution in [0.2, 0.25) is 0 Å². The van der Waals surface area contributed by atoms with Gasteiger partial charge in [0.1, 0.15) is 5.69 Å². The van der Waals surface area contributed by atoms with Gasteiger partial charge in [0, 0.05) is 13.0 Å². The summed E-state index contributed by atoms with van der Waals surface area (Å²) < 4.78 is 86.6. The van der Waals surface area contributed by atoms with Crippen molar-refractivity contribution in [3.05, 3.63) is 70.3 Å². The summed E-state index contributed by atoms with van der Waals surface area (Å²) in [5, 5.41) is 9.76. The monoisotopic (exact) mass is 632 g/mol. The summed E-state index contributed by atoms with van der Waals surface area (Å²) in [6.07, 6.45) is 0.782. The molecule has 1 N–H and O–H groups in total. The Hall–Kier alpha value is -3.58. The Kier molecular flexibility index (Phi) is 6.09. The molecule has 0 bridgehead atoms. The van der Waals surface area contributed by atoms with Crippen LogP contribution >= 0.6 is 23.2 Å². The second kappa shape index (κ2) is 8.96. The number of likely N-dealkylation sites (tertiary alicyclic amines) is 1. The minimum atomic E-state index is -2.76. The molecule has 2 aliphatic carbocycles. The number of hydrogen-bond acceptors (Lipinski definition) is 5. The summed E-state index contributed by atoms with van der Waals surface area (Å²) in [6, 6.07) is 2.80. The number of fused-ring (bicyclic) bond motifs is 4. The smallest absolute Gasteiger partial charge is 0.258 e. The van der Waals surface area contributed by atoms with Crippen molar-refractivity contribution in [3.8, 4) is 5.75 Å². The van der Waals surface area contributed by atoms with E-state index in [4.69, 9.17) is 23.2 Å². The van der Waals surface area contributed by atoms with Crippen LogP contribution in [0.15, 0.2) is 29.8 Å². The molecular formula is C27H16Cl2F6N2O5. The van der Waals surface area contributed by atoms with Gasteiger partial charge in [0.05, 0.1) is 11.8 Å². The summed E-state index contributed by atoms with van der Waals surface area (Å²) in [5.74, 6) is -23.7. The van der Waals surface area contributed by atoms with Gasteiger partial charge in [-0.25, -0.2) is 31.2 Å². The minimum absolute atomic E-state index is 0.0335. The van der Waals surface area contributed by atoms with Crippen LogP contribution in [-0.2, 0) is 19.2 Å². The van der Waals surface area contributed by atoms with Gasteiger partial charge in [0.2, 0.25) is 17.6 Å². The molecule has 0 radical (unpaired) electrons. The van der Waals surface area contributed by atoms with Gasteiger partial charge in [-0.15, -0.1) is 23.2 Å². The molecule has 220 valence electrons. The van der Waals surface area contributed by atoms with Crippen molar-refractivity contribution in [2.75, 3.05) is 11.9 Å². The molecule has 2 aromatic carbocycles. The van der Waals surface area contributed by atoms with E-state index in [0.717, 1.165) is 23.1 Å². The van der Waals surface area contributed by atoms with Gasteiger partial charge in [-0.1, -0.05) is 17.7 Å². The molecule has 3 fully saturated rings. The first-order chi connectivity index (χ1) is 19.6. The third-order valence-electron chi connectivity index (χ3n) is 8.75. The van der Waals surface area contributed by atoms with Gasteiger partial charge in [-0.05, 0) is 36.5 Å². The van der Waals surface area contributed by atoms with E-state index in [2.05, 4.69) is 0 Å². The Balaban J connectivity index is 1.62. The lowest BCUT2D eigenvalue weighted by Crippen LogP contribution is -2.60. The predicted molar refractivity (Wildman–Crippen MR) is 132 cm³/mol. The van der Waals surface area contributed by atoms with Crippen LogP contribution < -0.4 is 4.90 Å². The third kappa shape index (κ3) is 3.26. The van der Waals surface area contributed by atoms with E-state index in [1.54, 1.807) is 0 Å². The number of aromatic hydroxyl groups is 1. The fourth-order valence-corrected chi connectivity index (χ4v) is 7.74. The van der Waals surface area contributed by atoms with Crippen LogP contribution in [0.1, 0.15) is 24.3 Å². The van der Waals surface area contributed by atoms with Crippen molar-refractivity contribution >= 4 is 52.5 Å². The molecule has 2 aromatic rings. The van der Waals surface area contributed by atoms with Crippen molar-refractivity contribution in [1.29, 1.82) is 0 Å². The zero-order valence-corrected chi connectivity index (χ0v) is 22.5. The summed E-state index contributed by atoms with van der Waals surface area (Å²) in [5.41, 5.74) is -1.90. The molecule has 1 saturated carbocycles. The molecular weight excluding hydrogens is 617 g/mol. The molecule has 0 unspecified atom stereocenters. The van der Waals surface area contributed by atoms with E-state index in [0.29, 0.717) is 0 Å². The number of halogens is 8. The van der Waals surface area contributed by atoms with Crippen LogP contribution in [0.3, 0.4) is 0 Å². The number of rotatable bonds is 2. The van der Waals surface area contributed by atoms with Gasteiger partial charge in [-0.2, -0.15) is 0 Å². The summed E-state index contributed by atoms with van der Waals surface area (Å²) in [6.45, 7) is 0. The quantitative estimate of drug-likeness (QED) is 0.132. The normalized spacial score (nSPS) is 32.3. The first kappa shape index (κ1) is 28.5. The number of imide groups is 2. The Labute approximate surface area is 242 Å². The van der Waals surface area contributed by atoms with Gasteiger partial charge in [-0.3, -0.25) is 24.1 Å². The lowest BCUT2D eigenvalue weighted by Gasteiger charge is -2.50. The first-order valence-corrected chi connectivity index (χ1v) is 13.1. The molecule has 2 heterocycles. The van der Waals surface area contributed by atoms with E-state index in [9.17, 15) is 50.6 Å². The number of alkyl halides is 2. The highest BCUT2D eigenvalue weighted by atomic mass is 35.5. The number of carbonyl (C=O) groups is 4. The highest BCUT2D eigenvalue weighted by Gasteiger charge is 2.77. The zero-order valence-electron chi connectivity index (χ0n) is 21.0. The van der Waals surface area contributed by atoms with Crippen LogP contribution in [0.5, 0.6) is 5.75 Å². The largest absolute Gasteiger partial charge is 0.505 e. The fraction of sp³-hybridized carbons (Fsp3) is 0.333. The SMILES string of the molecule is CN1C(=O)[C@H]2[C@H](CC=C3[C@H]2C[C@@]2(Cl)C(=O)N(c4c(F)c(F)c(F)c(F)c4F)C(=O)[C@@]2(Cl)[C@H]3c2ccc(O)c(F)c2)C1=O. The number of amides is 4. The van der Waals surface area contributed by atoms with Crippen LogP contribution in [0.25, 0.3) is 0 Å². The second-order valence-electron chi connectivity index (χ2n) is 10.6. The summed E-state index contributed by atoms with van der Waals surface area (Å²) >= 11 is 13.8. The van der Waals surface area contributed by atoms with E-state index < -0.39 is 110 Å². The van der Waals surface area contributed by atoms with Gasteiger partial charge >= 0.3 is 0 Å². The minimum Gasteiger partial charge on any atom is -0.505 e. The number of allylic oxidation sites excluding steroid dienone is 2. The highest BCUT2D eigenvalue weighted by Crippen LogP contribution is 2.66. The van der Waals surface area contributed by atoms with Crippen molar-refractivity contribution in [2.24, 2.45) is 17.8 Å². The maximum Gasteiger partial charge on any atom is 0.258 e. The van der Waals surface area contributed by atoms with Gasteiger partial charge < -0.3 is 5.11 Å². The maximum absolute atomic E-state index is 14.9. The molecule has 2 aliphatic heterocycles. The summed E-state index contributed by atoms with van der Waals surface area (Å²) in [7, 11) is 1.25. The lowest BCUT2D eigenvalue weighted by molar-refractivity contribution is -0.138. The van der Waals surface area contributed by atoms with Crippen molar-refractivity contribution < 1.29 is 50.6 Å². The second-order valence-corrected chi connectivity index (χ2v) is 11.9. The molecule has 15 heteroatoms. The predicted octanol–water partition coefficient (Wildman–Crippen LogP) is 4.42. The number of carbonyl (C=O) groups excluding carboxylic acids is 4. The average molecular weight is 633 g/mol. The van der Waals surface area contributed by atoms with E-state index >= 15 is 0 Å². The molecule has 6 rings (SSSR count). The number of phenolic OH excluding ortho intramolecular Hbond substituents is 1. The van der Waals surface area contributed by atoms with E-state index in [1.165, 1.54) is 13.1 Å². The molecule has 0 spiro atoms. The van der Waals surface area contributed by atoms with Crippen molar-refractivity contribution in [3.63, 3.8) is 0 Å². The molecule has 0 aromatic heterocycles. The van der Waals surface area contributed by atoms with E-state index in [-0.39, 0.29) is 22.5 Å². The third-order valence-corrected chi connectivity index (χ3v) is 10.2. The van der Waals surface area contributed by atoms with Gasteiger partial charge in [0.25, 0.3) is 11.8 Å². The zero-order chi connectivity index (χ0) is 30.8. The van der Waals surface area contributed by atoms with Crippen LogP contribution in [0.4, 0.5) is 32.0 Å². The molecule has 2 saturated heterocycles. The summed E-state index contributed by atoms with van der Waals surface area (Å²) in [4.78, 5) is 49.0. The first-order valence-electron chi connectivity index (χ1n) is 12.4. The molecule has 4 aliphatic rings. The maximum atomic E-state index is 14.9. The number of benzene rings is 2. The molecule has 6 atom stereocenters.